The summed E-state index contributed by atoms with van der Waals surface area (Å²) >= 11 is 0. The van der Waals surface area contributed by atoms with Gasteiger partial charge in [0.05, 0.1) is 6.54 Å². The number of amides is 2. The molecule has 0 fully saturated rings. The normalized spacial score (nSPS) is 9.19. The third kappa shape index (κ3) is 7.48. The Bertz CT molecular complexity index is 208. The molecule has 0 aromatic heterocycles. The zero-order valence-electron chi connectivity index (χ0n) is 9.99. The van der Waals surface area contributed by atoms with Gasteiger partial charge in [0, 0.05) is 26.1 Å². The van der Waals surface area contributed by atoms with Crippen LogP contribution >= 0.6 is 12.4 Å². The van der Waals surface area contributed by atoms with Crippen molar-refractivity contribution in [2.45, 2.75) is 26.7 Å². The molecular weight excluding hydrogens is 230 g/mol. The average molecular weight is 252 g/mol. The third-order valence-corrected chi connectivity index (χ3v) is 2.19. The molecule has 0 aliphatic rings. The van der Waals surface area contributed by atoms with E-state index in [0.29, 0.717) is 19.4 Å². The Labute approximate surface area is 103 Å². The van der Waals surface area contributed by atoms with E-state index in [9.17, 15) is 9.59 Å². The predicted molar refractivity (Wildman–Crippen MR) is 66.5 cm³/mol. The molecule has 16 heavy (non-hydrogen) atoms. The molecule has 96 valence electrons. The van der Waals surface area contributed by atoms with Crippen molar-refractivity contribution < 1.29 is 9.59 Å². The van der Waals surface area contributed by atoms with Gasteiger partial charge in [0.1, 0.15) is 0 Å². The molecule has 0 radical (unpaired) electrons. The van der Waals surface area contributed by atoms with Crippen molar-refractivity contribution in [1.29, 1.82) is 0 Å². The molecule has 0 atom stereocenters. The van der Waals surface area contributed by atoms with Gasteiger partial charge in [-0.1, -0.05) is 0 Å². The largest absolute Gasteiger partial charge is 0.355 e. The van der Waals surface area contributed by atoms with Crippen LogP contribution in [0.3, 0.4) is 0 Å². The van der Waals surface area contributed by atoms with Crippen LogP contribution in [0.25, 0.3) is 0 Å². The molecule has 0 unspecified atom stereocenters. The molecule has 0 saturated carbocycles. The summed E-state index contributed by atoms with van der Waals surface area (Å²) < 4.78 is 0. The summed E-state index contributed by atoms with van der Waals surface area (Å²) in [5.41, 5.74) is 5.12. The van der Waals surface area contributed by atoms with E-state index < -0.39 is 0 Å². The van der Waals surface area contributed by atoms with Crippen LogP contribution in [0.15, 0.2) is 0 Å². The minimum atomic E-state index is -0.176. The first-order valence-electron chi connectivity index (χ1n) is 5.40. The summed E-state index contributed by atoms with van der Waals surface area (Å²) in [6.07, 6.45) is 1.15. The fraction of sp³-hybridized carbons (Fsp3) is 0.800. The van der Waals surface area contributed by atoms with Crippen LogP contribution in [-0.2, 0) is 9.59 Å². The Kier molecular flexibility index (Phi) is 11.8. The quantitative estimate of drug-likeness (QED) is 0.632. The van der Waals surface area contributed by atoms with Gasteiger partial charge in [0.2, 0.25) is 11.8 Å². The molecule has 5 nitrogen and oxygen atoms in total. The summed E-state index contributed by atoms with van der Waals surface area (Å²) in [5, 5.41) is 2.63. The number of hydrogen-bond donors (Lipinski definition) is 2. The van der Waals surface area contributed by atoms with Crippen LogP contribution in [0.1, 0.15) is 26.7 Å². The zero-order valence-corrected chi connectivity index (χ0v) is 10.8. The van der Waals surface area contributed by atoms with Gasteiger partial charge in [-0.2, -0.15) is 0 Å². The molecule has 0 aliphatic heterocycles. The lowest BCUT2D eigenvalue weighted by molar-refractivity contribution is -0.131. The van der Waals surface area contributed by atoms with Crippen LogP contribution in [0.2, 0.25) is 0 Å². The lowest BCUT2D eigenvalue weighted by Crippen LogP contribution is -2.33. The van der Waals surface area contributed by atoms with Gasteiger partial charge in [-0.05, 0) is 20.3 Å². The Hall–Kier alpha value is -0.810. The summed E-state index contributed by atoms with van der Waals surface area (Å²) in [4.78, 5) is 24.1. The van der Waals surface area contributed by atoms with E-state index in [4.69, 9.17) is 5.73 Å². The van der Waals surface area contributed by atoms with Crippen molar-refractivity contribution in [3.63, 3.8) is 0 Å². The molecule has 6 heteroatoms. The van der Waals surface area contributed by atoms with Crippen molar-refractivity contribution in [2.24, 2.45) is 5.73 Å². The number of carbonyl (C=O) groups is 2. The van der Waals surface area contributed by atoms with Crippen LogP contribution in [0.4, 0.5) is 0 Å². The summed E-state index contributed by atoms with van der Waals surface area (Å²) in [6, 6.07) is 0. The smallest absolute Gasteiger partial charge is 0.233 e. The van der Waals surface area contributed by atoms with E-state index in [0.717, 1.165) is 13.1 Å². The van der Waals surface area contributed by atoms with E-state index in [1.54, 1.807) is 4.90 Å². The van der Waals surface area contributed by atoms with Gasteiger partial charge in [-0.25, -0.2) is 0 Å². The highest BCUT2D eigenvalue weighted by atomic mass is 35.5. The molecule has 0 spiro atoms. The first-order valence-corrected chi connectivity index (χ1v) is 5.40. The van der Waals surface area contributed by atoms with E-state index in [-0.39, 0.29) is 30.8 Å². The van der Waals surface area contributed by atoms with Crippen molar-refractivity contribution in [3.05, 3.63) is 0 Å². The monoisotopic (exact) mass is 251 g/mol. The Morgan fingerprint density at radius 2 is 1.81 bits per heavy atom. The first kappa shape index (κ1) is 17.6. The fourth-order valence-electron chi connectivity index (χ4n) is 1.27. The van der Waals surface area contributed by atoms with Crippen LogP contribution in [0.5, 0.6) is 0 Å². The highest BCUT2D eigenvalue weighted by molar-refractivity contribution is 5.85. The van der Waals surface area contributed by atoms with E-state index >= 15 is 0 Å². The van der Waals surface area contributed by atoms with Gasteiger partial charge in [0.15, 0.2) is 0 Å². The van der Waals surface area contributed by atoms with Gasteiger partial charge >= 0.3 is 0 Å². The number of nitrogens with two attached hydrogens (primary N) is 1. The lowest BCUT2D eigenvalue weighted by atomic mass is 10.2. The molecule has 0 bridgehead atoms. The molecule has 0 heterocycles. The van der Waals surface area contributed by atoms with Gasteiger partial charge in [-0.15, -0.1) is 12.4 Å². The van der Waals surface area contributed by atoms with E-state index in [1.807, 2.05) is 13.8 Å². The molecule has 0 aromatic carbocycles. The van der Waals surface area contributed by atoms with Crippen molar-refractivity contribution >= 4 is 24.2 Å². The number of nitrogens with zero attached hydrogens (tertiary/aromatic N) is 1. The molecule has 0 aliphatic carbocycles. The van der Waals surface area contributed by atoms with Gasteiger partial charge in [0.25, 0.3) is 0 Å². The average Bonchev–Trinajstić information content (AvgIpc) is 2.25. The van der Waals surface area contributed by atoms with Crippen LogP contribution in [0, 0.1) is 0 Å². The minimum Gasteiger partial charge on any atom is -0.355 e. The number of halogens is 1. The number of carbonyl (C=O) groups excluding carboxylic acids is 2. The van der Waals surface area contributed by atoms with Crippen LogP contribution < -0.4 is 11.1 Å². The summed E-state index contributed by atoms with van der Waals surface area (Å²) in [7, 11) is 0. The second-order valence-electron chi connectivity index (χ2n) is 3.22. The SMILES string of the molecule is CCN(CC)C(=O)CCCNC(=O)CN.Cl. The molecular formula is C10H22ClN3O2. The molecule has 0 aromatic rings. The summed E-state index contributed by atoms with van der Waals surface area (Å²) in [6.45, 7) is 5.91. The molecule has 2 amide bonds. The highest BCUT2D eigenvalue weighted by Gasteiger charge is 2.08. The van der Waals surface area contributed by atoms with Gasteiger partial charge in [-0.3, -0.25) is 9.59 Å². The maximum Gasteiger partial charge on any atom is 0.233 e. The first-order chi connectivity index (χ1) is 7.15. The van der Waals surface area contributed by atoms with E-state index in [1.165, 1.54) is 0 Å². The van der Waals surface area contributed by atoms with Crippen molar-refractivity contribution in [3.8, 4) is 0 Å². The number of rotatable bonds is 7. The fourth-order valence-corrected chi connectivity index (χ4v) is 1.27. The summed E-state index contributed by atoms with van der Waals surface area (Å²) in [5.74, 6) is -0.0349. The predicted octanol–water partition coefficient (Wildman–Crippen LogP) is 0.132. The minimum absolute atomic E-state index is 0. The molecule has 0 saturated heterocycles. The Morgan fingerprint density at radius 3 is 2.25 bits per heavy atom. The maximum atomic E-state index is 11.5. The zero-order chi connectivity index (χ0) is 11.7. The number of nitrogens with one attached hydrogen (secondary N) is 1. The van der Waals surface area contributed by atoms with Gasteiger partial charge < -0.3 is 16.0 Å². The van der Waals surface area contributed by atoms with Crippen molar-refractivity contribution in [2.75, 3.05) is 26.2 Å². The second-order valence-corrected chi connectivity index (χ2v) is 3.22. The van der Waals surface area contributed by atoms with Crippen molar-refractivity contribution in [1.82, 2.24) is 10.2 Å². The third-order valence-electron chi connectivity index (χ3n) is 2.19. The van der Waals surface area contributed by atoms with E-state index in [2.05, 4.69) is 5.32 Å². The van der Waals surface area contributed by atoms with Crippen LogP contribution in [-0.4, -0.2) is 42.9 Å². The Balaban J connectivity index is 0. The lowest BCUT2D eigenvalue weighted by Gasteiger charge is -2.18. The number of hydrogen-bond acceptors (Lipinski definition) is 3. The molecule has 0 rings (SSSR count). The maximum absolute atomic E-state index is 11.5. The molecule has 3 N–H and O–H groups in total. The second kappa shape index (κ2) is 10.7. The highest BCUT2D eigenvalue weighted by Crippen LogP contribution is 1.96. The topological polar surface area (TPSA) is 75.4 Å². The standard InChI is InChI=1S/C10H21N3O2.ClH/c1-3-13(4-2)10(15)6-5-7-12-9(14)8-11;/h3-8,11H2,1-2H3,(H,12,14);1H. The Morgan fingerprint density at radius 1 is 1.25 bits per heavy atom.